The van der Waals surface area contributed by atoms with Crippen molar-refractivity contribution >= 4 is 40.2 Å². The SMILES string of the molecule is CSCCC(CO)NC(=O)COc1cc2oc(=O)c(C)c(C)c2cc1Cl. The molecule has 0 aliphatic carbocycles. The van der Waals surface area contributed by atoms with Gasteiger partial charge in [-0.1, -0.05) is 11.6 Å². The average molecular weight is 400 g/mol. The number of aryl methyl sites for hydroxylation is 1. The zero-order valence-electron chi connectivity index (χ0n) is 14.9. The number of carbonyl (C=O) groups excluding carboxylic acids is 1. The summed E-state index contributed by atoms with van der Waals surface area (Å²) in [4.78, 5) is 23.8. The Morgan fingerprint density at radius 3 is 2.77 bits per heavy atom. The second-order valence-corrected chi connectivity index (χ2v) is 7.33. The first kappa shape index (κ1) is 20.6. The number of benzene rings is 1. The van der Waals surface area contributed by atoms with Crippen molar-refractivity contribution in [1.29, 1.82) is 0 Å². The molecule has 0 bridgehead atoms. The van der Waals surface area contributed by atoms with Crippen LogP contribution in [-0.4, -0.2) is 42.3 Å². The van der Waals surface area contributed by atoms with Crippen LogP contribution in [0, 0.1) is 13.8 Å². The van der Waals surface area contributed by atoms with Crippen molar-refractivity contribution in [2.45, 2.75) is 26.3 Å². The Morgan fingerprint density at radius 1 is 1.38 bits per heavy atom. The molecule has 0 radical (unpaired) electrons. The van der Waals surface area contributed by atoms with E-state index in [1.807, 2.05) is 13.2 Å². The van der Waals surface area contributed by atoms with E-state index in [-0.39, 0.29) is 30.9 Å². The van der Waals surface area contributed by atoms with E-state index >= 15 is 0 Å². The van der Waals surface area contributed by atoms with Crippen LogP contribution in [0.5, 0.6) is 5.75 Å². The van der Waals surface area contributed by atoms with E-state index < -0.39 is 5.63 Å². The van der Waals surface area contributed by atoms with Gasteiger partial charge in [-0.05, 0) is 43.9 Å². The number of nitrogens with one attached hydrogen (secondary N) is 1. The summed E-state index contributed by atoms with van der Waals surface area (Å²) in [7, 11) is 0. The van der Waals surface area contributed by atoms with Crippen LogP contribution in [0.1, 0.15) is 17.5 Å². The van der Waals surface area contributed by atoms with Crippen LogP contribution < -0.4 is 15.7 Å². The van der Waals surface area contributed by atoms with Crippen LogP contribution in [0.15, 0.2) is 21.3 Å². The molecule has 1 atom stereocenters. The molecule has 0 fully saturated rings. The van der Waals surface area contributed by atoms with Crippen molar-refractivity contribution in [3.63, 3.8) is 0 Å². The number of amides is 1. The van der Waals surface area contributed by atoms with Gasteiger partial charge in [0.05, 0.1) is 17.7 Å². The topological polar surface area (TPSA) is 88.8 Å². The fraction of sp³-hybridized carbons (Fsp3) is 0.444. The average Bonchev–Trinajstić information content (AvgIpc) is 2.62. The summed E-state index contributed by atoms with van der Waals surface area (Å²) in [5.74, 6) is 0.731. The molecule has 0 aliphatic rings. The molecular formula is C18H22ClNO5S. The number of hydrogen-bond donors (Lipinski definition) is 2. The molecule has 1 heterocycles. The highest BCUT2D eigenvalue weighted by atomic mass is 35.5. The fourth-order valence-electron chi connectivity index (χ4n) is 2.44. The number of carbonyl (C=O) groups is 1. The predicted octanol–water partition coefficient (Wildman–Crippen LogP) is 2.67. The van der Waals surface area contributed by atoms with Gasteiger partial charge >= 0.3 is 5.63 Å². The molecule has 2 aromatic rings. The predicted molar refractivity (Wildman–Crippen MR) is 104 cm³/mol. The molecule has 1 unspecified atom stereocenters. The molecule has 8 heteroatoms. The van der Waals surface area contributed by atoms with E-state index in [0.717, 1.165) is 16.7 Å². The quantitative estimate of drug-likeness (QED) is 0.663. The van der Waals surface area contributed by atoms with E-state index in [1.165, 1.54) is 6.07 Å². The second-order valence-electron chi connectivity index (χ2n) is 5.94. The summed E-state index contributed by atoms with van der Waals surface area (Å²) in [5, 5.41) is 13.1. The summed E-state index contributed by atoms with van der Waals surface area (Å²) in [6.07, 6.45) is 2.63. The van der Waals surface area contributed by atoms with Crippen LogP contribution in [0.3, 0.4) is 0 Å². The van der Waals surface area contributed by atoms with Crippen LogP contribution in [0.2, 0.25) is 5.02 Å². The summed E-state index contributed by atoms with van der Waals surface area (Å²) >= 11 is 7.87. The van der Waals surface area contributed by atoms with Crippen LogP contribution in [-0.2, 0) is 4.79 Å². The summed E-state index contributed by atoms with van der Waals surface area (Å²) in [6, 6.07) is 2.86. The van der Waals surface area contributed by atoms with Crippen LogP contribution in [0.25, 0.3) is 11.0 Å². The van der Waals surface area contributed by atoms with E-state index in [4.69, 9.17) is 20.8 Å². The first-order valence-electron chi connectivity index (χ1n) is 8.12. The molecular weight excluding hydrogens is 378 g/mol. The Morgan fingerprint density at radius 2 is 2.12 bits per heavy atom. The minimum Gasteiger partial charge on any atom is -0.482 e. The van der Waals surface area contributed by atoms with Gasteiger partial charge in [-0.2, -0.15) is 11.8 Å². The normalized spacial score (nSPS) is 12.2. The van der Waals surface area contributed by atoms with Crippen molar-refractivity contribution < 1.29 is 19.1 Å². The standard InChI is InChI=1S/C18H22ClNO5S/c1-10-11(2)18(23)25-15-7-16(14(19)6-13(10)15)24-9-17(22)20-12(8-21)4-5-26-3/h6-7,12,21H,4-5,8-9H2,1-3H3,(H,20,22). The minimum absolute atomic E-state index is 0.132. The maximum Gasteiger partial charge on any atom is 0.339 e. The van der Waals surface area contributed by atoms with Gasteiger partial charge in [-0.15, -0.1) is 0 Å². The second kappa shape index (κ2) is 9.30. The third-order valence-electron chi connectivity index (χ3n) is 4.12. The minimum atomic E-state index is -0.416. The lowest BCUT2D eigenvalue weighted by Crippen LogP contribution is -2.40. The molecule has 6 nitrogen and oxygen atoms in total. The van der Waals surface area contributed by atoms with Gasteiger partial charge in [-0.25, -0.2) is 4.79 Å². The number of thioether (sulfide) groups is 1. The molecule has 142 valence electrons. The molecule has 0 spiro atoms. The van der Waals surface area contributed by atoms with Gasteiger partial charge in [0.1, 0.15) is 11.3 Å². The maximum atomic E-state index is 12.0. The first-order valence-corrected chi connectivity index (χ1v) is 9.90. The zero-order chi connectivity index (χ0) is 19.3. The lowest BCUT2D eigenvalue weighted by molar-refractivity contribution is -0.124. The summed E-state index contributed by atoms with van der Waals surface area (Å²) in [5.41, 5.74) is 1.26. The van der Waals surface area contributed by atoms with E-state index in [1.54, 1.807) is 24.8 Å². The van der Waals surface area contributed by atoms with Gasteiger partial charge in [0.25, 0.3) is 5.91 Å². The lowest BCUT2D eigenvalue weighted by Gasteiger charge is -2.16. The molecule has 0 aliphatic heterocycles. The maximum absolute atomic E-state index is 12.0. The number of aliphatic hydroxyl groups is 1. The van der Waals surface area contributed by atoms with Crippen molar-refractivity contribution in [3.05, 3.63) is 38.7 Å². The third-order valence-corrected chi connectivity index (χ3v) is 5.06. The van der Waals surface area contributed by atoms with Crippen molar-refractivity contribution in [3.8, 4) is 5.75 Å². The number of fused-ring (bicyclic) bond motifs is 1. The van der Waals surface area contributed by atoms with Crippen molar-refractivity contribution in [1.82, 2.24) is 5.32 Å². The van der Waals surface area contributed by atoms with Crippen molar-refractivity contribution in [2.75, 3.05) is 25.2 Å². The largest absolute Gasteiger partial charge is 0.482 e. The summed E-state index contributed by atoms with van der Waals surface area (Å²) in [6.45, 7) is 3.13. The molecule has 0 saturated carbocycles. The van der Waals surface area contributed by atoms with E-state index in [2.05, 4.69) is 5.32 Å². The monoisotopic (exact) mass is 399 g/mol. The molecule has 1 aromatic carbocycles. The summed E-state index contributed by atoms with van der Waals surface area (Å²) < 4.78 is 10.7. The first-order chi connectivity index (χ1) is 12.4. The Hall–Kier alpha value is -1.70. The van der Waals surface area contributed by atoms with E-state index in [9.17, 15) is 14.7 Å². The Kier molecular flexibility index (Phi) is 7.37. The molecule has 2 rings (SSSR count). The highest BCUT2D eigenvalue weighted by Crippen LogP contribution is 2.31. The molecule has 0 saturated heterocycles. The Balaban J connectivity index is 2.11. The number of ether oxygens (including phenoxy) is 1. The van der Waals surface area contributed by atoms with E-state index in [0.29, 0.717) is 22.6 Å². The van der Waals surface area contributed by atoms with Crippen molar-refractivity contribution in [2.24, 2.45) is 0 Å². The number of rotatable bonds is 8. The highest BCUT2D eigenvalue weighted by molar-refractivity contribution is 7.98. The van der Waals surface area contributed by atoms with Gasteiger partial charge in [0, 0.05) is 17.0 Å². The molecule has 1 aromatic heterocycles. The Bertz CT molecular complexity index is 852. The van der Waals surface area contributed by atoms with Gasteiger partial charge in [-0.3, -0.25) is 4.79 Å². The lowest BCUT2D eigenvalue weighted by atomic mass is 10.1. The van der Waals surface area contributed by atoms with Crippen LogP contribution >= 0.6 is 23.4 Å². The Labute approximate surface area is 160 Å². The number of hydrogen-bond acceptors (Lipinski definition) is 6. The number of aliphatic hydroxyl groups excluding tert-OH is 1. The zero-order valence-corrected chi connectivity index (χ0v) is 16.5. The van der Waals surface area contributed by atoms with Gasteiger partial charge in [0.15, 0.2) is 6.61 Å². The third kappa shape index (κ3) is 4.93. The fourth-order valence-corrected chi connectivity index (χ4v) is 3.17. The van der Waals surface area contributed by atoms with Crippen LogP contribution in [0.4, 0.5) is 0 Å². The highest BCUT2D eigenvalue weighted by Gasteiger charge is 2.15. The number of halogens is 1. The molecule has 2 N–H and O–H groups in total. The molecule has 1 amide bonds. The smallest absolute Gasteiger partial charge is 0.339 e. The van der Waals surface area contributed by atoms with Gasteiger partial charge < -0.3 is 19.6 Å². The molecule has 26 heavy (non-hydrogen) atoms. The van der Waals surface area contributed by atoms with Gasteiger partial charge in [0.2, 0.25) is 0 Å².